The van der Waals surface area contributed by atoms with E-state index in [9.17, 15) is 0 Å². The normalized spacial score (nSPS) is 39.5. The molecule has 2 aliphatic rings. The largest absolute Gasteiger partial charge is 0.380 e. The number of ether oxygens (including phenoxy) is 1. The standard InChI is InChI=1S/C15H30N2O/c1-4-13-8-9-17(11-12(2)10-16-13)14-6-5-7-15(14)18-3/h12-16H,4-11H2,1-3H3. The first-order valence-electron chi connectivity index (χ1n) is 7.74. The number of rotatable bonds is 3. The Bertz CT molecular complexity index is 247. The van der Waals surface area contributed by atoms with Gasteiger partial charge in [0.25, 0.3) is 0 Å². The maximum absolute atomic E-state index is 5.68. The Labute approximate surface area is 112 Å². The Morgan fingerprint density at radius 2 is 2.11 bits per heavy atom. The minimum atomic E-state index is 0.477. The minimum absolute atomic E-state index is 0.477. The first-order chi connectivity index (χ1) is 8.74. The van der Waals surface area contributed by atoms with E-state index in [4.69, 9.17) is 4.74 Å². The maximum Gasteiger partial charge on any atom is 0.0726 e. The van der Waals surface area contributed by atoms with E-state index in [2.05, 4.69) is 24.1 Å². The van der Waals surface area contributed by atoms with E-state index in [0.29, 0.717) is 18.2 Å². The Morgan fingerprint density at radius 1 is 1.28 bits per heavy atom. The highest BCUT2D eigenvalue weighted by Crippen LogP contribution is 2.28. The summed E-state index contributed by atoms with van der Waals surface area (Å²) < 4.78 is 5.68. The van der Waals surface area contributed by atoms with Crippen LogP contribution < -0.4 is 5.32 Å². The molecule has 1 saturated carbocycles. The molecule has 18 heavy (non-hydrogen) atoms. The van der Waals surface area contributed by atoms with Gasteiger partial charge in [-0.15, -0.1) is 0 Å². The lowest BCUT2D eigenvalue weighted by atomic mass is 10.0. The van der Waals surface area contributed by atoms with Crippen molar-refractivity contribution in [1.29, 1.82) is 0 Å². The number of methoxy groups -OCH3 is 1. The van der Waals surface area contributed by atoms with Gasteiger partial charge in [-0.25, -0.2) is 0 Å². The van der Waals surface area contributed by atoms with Crippen molar-refractivity contribution in [2.24, 2.45) is 5.92 Å². The van der Waals surface area contributed by atoms with Crippen LogP contribution in [0.5, 0.6) is 0 Å². The van der Waals surface area contributed by atoms with Crippen LogP contribution in [0.4, 0.5) is 0 Å². The van der Waals surface area contributed by atoms with Crippen molar-refractivity contribution in [1.82, 2.24) is 10.2 Å². The Morgan fingerprint density at radius 3 is 2.83 bits per heavy atom. The van der Waals surface area contributed by atoms with Crippen molar-refractivity contribution in [3.63, 3.8) is 0 Å². The summed E-state index contributed by atoms with van der Waals surface area (Å²) in [5.74, 6) is 0.748. The number of hydrogen-bond acceptors (Lipinski definition) is 3. The fraction of sp³-hybridized carbons (Fsp3) is 1.00. The SMILES string of the molecule is CCC1CCN(C2CCCC2OC)CC(C)CN1. The monoisotopic (exact) mass is 254 g/mol. The third kappa shape index (κ3) is 3.46. The lowest BCUT2D eigenvalue weighted by molar-refractivity contribution is 0.0224. The highest BCUT2D eigenvalue weighted by Gasteiger charge is 2.33. The van der Waals surface area contributed by atoms with Gasteiger partial charge < -0.3 is 10.1 Å². The second-order valence-electron chi connectivity index (χ2n) is 6.17. The molecular weight excluding hydrogens is 224 g/mol. The summed E-state index contributed by atoms with van der Waals surface area (Å²) in [6.45, 7) is 8.30. The Hall–Kier alpha value is -0.120. The van der Waals surface area contributed by atoms with Gasteiger partial charge in [-0.1, -0.05) is 13.8 Å². The highest BCUT2D eigenvalue weighted by molar-refractivity contribution is 4.88. The molecule has 0 spiro atoms. The number of hydrogen-bond donors (Lipinski definition) is 1. The second-order valence-corrected chi connectivity index (χ2v) is 6.17. The van der Waals surface area contributed by atoms with Crippen molar-refractivity contribution in [3.05, 3.63) is 0 Å². The van der Waals surface area contributed by atoms with Crippen LogP contribution in [0.1, 0.15) is 46.0 Å². The molecule has 1 saturated heterocycles. The molecule has 4 unspecified atom stereocenters. The van der Waals surface area contributed by atoms with Crippen molar-refractivity contribution in [2.45, 2.75) is 64.1 Å². The molecule has 0 amide bonds. The Kier molecular flexibility index (Phi) is 5.46. The van der Waals surface area contributed by atoms with Crippen LogP contribution >= 0.6 is 0 Å². The molecule has 1 aliphatic heterocycles. The number of nitrogens with zero attached hydrogens (tertiary/aromatic N) is 1. The predicted octanol–water partition coefficient (Wildman–Crippen LogP) is 2.26. The minimum Gasteiger partial charge on any atom is -0.380 e. The molecule has 1 heterocycles. The van der Waals surface area contributed by atoms with Gasteiger partial charge in [-0.05, 0) is 44.6 Å². The maximum atomic E-state index is 5.68. The number of nitrogens with one attached hydrogen (secondary N) is 1. The van der Waals surface area contributed by atoms with Crippen molar-refractivity contribution >= 4 is 0 Å². The third-order valence-electron chi connectivity index (χ3n) is 4.75. The molecular formula is C15H30N2O. The molecule has 1 N–H and O–H groups in total. The van der Waals surface area contributed by atoms with E-state index in [1.54, 1.807) is 0 Å². The molecule has 2 rings (SSSR count). The lowest BCUT2D eigenvalue weighted by Crippen LogP contribution is -2.49. The predicted molar refractivity (Wildman–Crippen MR) is 75.9 cm³/mol. The van der Waals surface area contributed by atoms with Crippen molar-refractivity contribution in [3.8, 4) is 0 Å². The van der Waals surface area contributed by atoms with E-state index >= 15 is 0 Å². The van der Waals surface area contributed by atoms with E-state index < -0.39 is 0 Å². The highest BCUT2D eigenvalue weighted by atomic mass is 16.5. The van der Waals surface area contributed by atoms with Gasteiger partial charge in [0, 0.05) is 32.3 Å². The molecule has 3 heteroatoms. The van der Waals surface area contributed by atoms with Gasteiger partial charge in [-0.3, -0.25) is 4.90 Å². The first-order valence-corrected chi connectivity index (χ1v) is 7.74. The van der Waals surface area contributed by atoms with E-state index in [-0.39, 0.29) is 0 Å². The first kappa shape index (κ1) is 14.3. The van der Waals surface area contributed by atoms with Gasteiger partial charge in [0.05, 0.1) is 6.10 Å². The van der Waals surface area contributed by atoms with Crippen LogP contribution in [-0.4, -0.2) is 49.8 Å². The quantitative estimate of drug-likeness (QED) is 0.836. The Balaban J connectivity index is 1.96. The molecule has 1 aliphatic carbocycles. The molecule has 0 radical (unpaired) electrons. The zero-order valence-electron chi connectivity index (χ0n) is 12.3. The average Bonchev–Trinajstić information content (AvgIpc) is 2.82. The molecule has 0 aromatic rings. The average molecular weight is 254 g/mol. The summed E-state index contributed by atoms with van der Waals surface area (Å²) in [5.41, 5.74) is 0. The zero-order chi connectivity index (χ0) is 13.0. The molecule has 4 atom stereocenters. The molecule has 2 fully saturated rings. The van der Waals surface area contributed by atoms with E-state index in [1.807, 2.05) is 7.11 Å². The summed E-state index contributed by atoms with van der Waals surface area (Å²) in [7, 11) is 1.88. The van der Waals surface area contributed by atoms with E-state index in [1.165, 1.54) is 51.7 Å². The molecule has 0 aromatic heterocycles. The summed E-state index contributed by atoms with van der Waals surface area (Å²) in [6, 6.07) is 1.38. The van der Waals surface area contributed by atoms with Gasteiger partial charge in [-0.2, -0.15) is 0 Å². The molecule has 106 valence electrons. The van der Waals surface area contributed by atoms with Crippen LogP contribution in [0.3, 0.4) is 0 Å². The van der Waals surface area contributed by atoms with Gasteiger partial charge >= 0.3 is 0 Å². The zero-order valence-corrected chi connectivity index (χ0v) is 12.3. The topological polar surface area (TPSA) is 24.5 Å². The molecule has 0 aromatic carbocycles. The van der Waals surface area contributed by atoms with Crippen molar-refractivity contribution < 1.29 is 4.74 Å². The summed E-state index contributed by atoms with van der Waals surface area (Å²) >= 11 is 0. The fourth-order valence-electron chi connectivity index (χ4n) is 3.60. The third-order valence-corrected chi connectivity index (χ3v) is 4.75. The van der Waals surface area contributed by atoms with Crippen LogP contribution in [0.25, 0.3) is 0 Å². The van der Waals surface area contributed by atoms with Crippen LogP contribution in [-0.2, 0) is 4.74 Å². The summed E-state index contributed by atoms with van der Waals surface area (Å²) in [4.78, 5) is 2.72. The molecule has 3 nitrogen and oxygen atoms in total. The van der Waals surface area contributed by atoms with Crippen LogP contribution in [0, 0.1) is 5.92 Å². The van der Waals surface area contributed by atoms with Gasteiger partial charge in [0.15, 0.2) is 0 Å². The van der Waals surface area contributed by atoms with Crippen LogP contribution in [0.15, 0.2) is 0 Å². The van der Waals surface area contributed by atoms with Gasteiger partial charge in [0.2, 0.25) is 0 Å². The fourth-order valence-corrected chi connectivity index (χ4v) is 3.60. The van der Waals surface area contributed by atoms with Crippen molar-refractivity contribution in [2.75, 3.05) is 26.7 Å². The summed E-state index contributed by atoms with van der Waals surface area (Å²) in [6.07, 6.45) is 6.93. The van der Waals surface area contributed by atoms with E-state index in [0.717, 1.165) is 5.92 Å². The second kappa shape index (κ2) is 6.88. The molecule has 0 bridgehead atoms. The van der Waals surface area contributed by atoms with Crippen LogP contribution in [0.2, 0.25) is 0 Å². The summed E-state index contributed by atoms with van der Waals surface area (Å²) in [5, 5.41) is 3.70. The lowest BCUT2D eigenvalue weighted by Gasteiger charge is -2.37. The smallest absolute Gasteiger partial charge is 0.0726 e. The van der Waals surface area contributed by atoms with Gasteiger partial charge in [0.1, 0.15) is 0 Å².